The highest BCUT2D eigenvalue weighted by Gasteiger charge is 2.41. The molecule has 0 radical (unpaired) electrons. The zero-order valence-corrected chi connectivity index (χ0v) is 15.8. The van der Waals surface area contributed by atoms with E-state index in [0.29, 0.717) is 11.4 Å². The van der Waals surface area contributed by atoms with Gasteiger partial charge in [0.2, 0.25) is 11.8 Å². The van der Waals surface area contributed by atoms with Gasteiger partial charge in [0.15, 0.2) is 0 Å². The lowest BCUT2D eigenvalue weighted by Crippen LogP contribution is -2.33. The van der Waals surface area contributed by atoms with Crippen LogP contribution >= 0.6 is 11.8 Å². The summed E-state index contributed by atoms with van der Waals surface area (Å²) in [5.41, 5.74) is 5.56. The van der Waals surface area contributed by atoms with Crippen molar-refractivity contribution in [3.63, 3.8) is 0 Å². The Balaban J connectivity index is 1.62. The highest BCUT2D eigenvalue weighted by atomic mass is 32.2. The van der Waals surface area contributed by atoms with Crippen molar-refractivity contribution >= 4 is 40.2 Å². The number of carbonyl (C=O) groups is 3. The second-order valence-electron chi connectivity index (χ2n) is 6.18. The molecule has 6 nitrogen and oxygen atoms in total. The molecule has 7 heteroatoms. The minimum absolute atomic E-state index is 0.108. The molecule has 1 unspecified atom stereocenters. The molecule has 2 aromatic rings. The number of hydrogen-bond donors (Lipinski definition) is 1. The van der Waals surface area contributed by atoms with E-state index < -0.39 is 11.2 Å². The molecule has 0 saturated carbocycles. The zero-order chi connectivity index (χ0) is 19.4. The summed E-state index contributed by atoms with van der Waals surface area (Å²) in [7, 11) is 0. The normalized spacial score (nSPS) is 17.3. The predicted octanol–water partition coefficient (Wildman–Crippen LogP) is 3.49. The van der Waals surface area contributed by atoms with E-state index in [1.54, 1.807) is 19.1 Å². The smallest absolute Gasteiger partial charge is 0.273 e. The van der Waals surface area contributed by atoms with Crippen LogP contribution in [0, 0.1) is 6.92 Å². The maximum Gasteiger partial charge on any atom is 0.293 e. The summed E-state index contributed by atoms with van der Waals surface area (Å²) in [5, 5.41) is 2.95. The van der Waals surface area contributed by atoms with E-state index in [1.165, 1.54) is 0 Å². The Morgan fingerprint density at radius 2 is 1.78 bits per heavy atom. The van der Waals surface area contributed by atoms with E-state index >= 15 is 0 Å². The van der Waals surface area contributed by atoms with Crippen molar-refractivity contribution < 1.29 is 14.4 Å². The van der Waals surface area contributed by atoms with Gasteiger partial charge >= 0.3 is 0 Å². The second kappa shape index (κ2) is 8.18. The predicted molar refractivity (Wildman–Crippen MR) is 107 cm³/mol. The number of hydrogen-bond acceptors (Lipinski definition) is 5. The third-order valence-electron chi connectivity index (χ3n) is 4.12. The van der Waals surface area contributed by atoms with E-state index in [2.05, 4.69) is 10.5 Å². The highest BCUT2D eigenvalue weighted by Crippen LogP contribution is 2.33. The Hall–Kier alpha value is -2.93. The number of amides is 3. The third-order valence-corrected chi connectivity index (χ3v) is 5.16. The van der Waals surface area contributed by atoms with Crippen LogP contribution in [0.5, 0.6) is 0 Å². The van der Waals surface area contributed by atoms with Crippen LogP contribution in [0.2, 0.25) is 0 Å². The molecule has 0 spiro atoms. The summed E-state index contributed by atoms with van der Waals surface area (Å²) in [6.07, 6.45) is -0.108. The molecule has 3 amide bonds. The SMILES string of the molecule is C/C(=N/NC(=O)CC1SC(=O)N(c2ccc(C)cc2)C1=O)c1ccccc1. The molecule has 1 N–H and O–H groups in total. The molecule has 1 saturated heterocycles. The van der Waals surface area contributed by atoms with Crippen molar-refractivity contribution in [2.75, 3.05) is 4.90 Å². The lowest BCUT2D eigenvalue weighted by molar-refractivity contribution is -0.124. The number of thioether (sulfide) groups is 1. The molecule has 0 bridgehead atoms. The number of aryl methyl sites for hydroxylation is 1. The average molecular weight is 381 g/mol. The maximum atomic E-state index is 12.6. The molecule has 2 aromatic carbocycles. The van der Waals surface area contributed by atoms with Crippen LogP contribution in [-0.2, 0) is 9.59 Å². The zero-order valence-electron chi connectivity index (χ0n) is 15.0. The van der Waals surface area contributed by atoms with Gasteiger partial charge in [-0.25, -0.2) is 10.3 Å². The van der Waals surface area contributed by atoms with Crippen molar-refractivity contribution in [1.82, 2.24) is 5.43 Å². The van der Waals surface area contributed by atoms with Crippen LogP contribution in [0.15, 0.2) is 59.7 Å². The van der Waals surface area contributed by atoms with Gasteiger partial charge in [0, 0.05) is 6.42 Å². The first-order chi connectivity index (χ1) is 13.0. The monoisotopic (exact) mass is 381 g/mol. The second-order valence-corrected chi connectivity index (χ2v) is 7.34. The van der Waals surface area contributed by atoms with E-state index in [0.717, 1.165) is 27.8 Å². The Morgan fingerprint density at radius 1 is 1.11 bits per heavy atom. The van der Waals surface area contributed by atoms with Crippen LogP contribution in [-0.4, -0.2) is 28.0 Å². The molecule has 0 aliphatic carbocycles. The van der Waals surface area contributed by atoms with Crippen molar-refractivity contribution in [1.29, 1.82) is 0 Å². The maximum absolute atomic E-state index is 12.6. The van der Waals surface area contributed by atoms with Gasteiger partial charge in [-0.1, -0.05) is 48.0 Å². The molecule has 138 valence electrons. The van der Waals surface area contributed by atoms with Crippen molar-refractivity contribution in [2.24, 2.45) is 5.10 Å². The van der Waals surface area contributed by atoms with Gasteiger partial charge < -0.3 is 0 Å². The molecule has 1 heterocycles. The molecule has 1 fully saturated rings. The number of imide groups is 1. The lowest BCUT2D eigenvalue weighted by atomic mass is 10.1. The van der Waals surface area contributed by atoms with Gasteiger partial charge in [0.1, 0.15) is 5.25 Å². The van der Waals surface area contributed by atoms with Crippen molar-refractivity contribution in [3.05, 3.63) is 65.7 Å². The van der Waals surface area contributed by atoms with Gasteiger partial charge in [-0.15, -0.1) is 0 Å². The number of anilines is 1. The Morgan fingerprint density at radius 3 is 2.44 bits per heavy atom. The average Bonchev–Trinajstić information content (AvgIpc) is 2.94. The highest BCUT2D eigenvalue weighted by molar-refractivity contribution is 8.15. The number of carbonyl (C=O) groups excluding carboxylic acids is 3. The fourth-order valence-electron chi connectivity index (χ4n) is 2.62. The van der Waals surface area contributed by atoms with Crippen LogP contribution in [0.3, 0.4) is 0 Å². The number of rotatable bonds is 5. The van der Waals surface area contributed by atoms with Gasteiger partial charge in [-0.05, 0) is 43.3 Å². The largest absolute Gasteiger partial charge is 0.293 e. The molecule has 0 aromatic heterocycles. The number of benzene rings is 2. The van der Waals surface area contributed by atoms with Gasteiger partial charge in [-0.3, -0.25) is 14.4 Å². The first-order valence-electron chi connectivity index (χ1n) is 8.45. The van der Waals surface area contributed by atoms with E-state index in [-0.39, 0.29) is 17.6 Å². The van der Waals surface area contributed by atoms with Crippen molar-refractivity contribution in [2.45, 2.75) is 25.5 Å². The summed E-state index contributed by atoms with van der Waals surface area (Å²) >= 11 is 0.868. The van der Waals surface area contributed by atoms with Crippen LogP contribution in [0.1, 0.15) is 24.5 Å². The van der Waals surface area contributed by atoms with Crippen molar-refractivity contribution in [3.8, 4) is 0 Å². The Kier molecular flexibility index (Phi) is 5.71. The van der Waals surface area contributed by atoms with Gasteiger partial charge in [0.05, 0.1) is 11.4 Å². The molecule has 1 aliphatic heterocycles. The summed E-state index contributed by atoms with van der Waals surface area (Å²) in [4.78, 5) is 38.1. The summed E-state index contributed by atoms with van der Waals surface area (Å²) in [5.74, 6) is -0.789. The van der Waals surface area contributed by atoms with Crippen LogP contribution in [0.25, 0.3) is 0 Å². The number of nitrogens with one attached hydrogen (secondary N) is 1. The Labute approximate surface area is 161 Å². The van der Waals surface area contributed by atoms with Crippen LogP contribution in [0.4, 0.5) is 10.5 Å². The quantitative estimate of drug-likeness (QED) is 0.635. The summed E-state index contributed by atoms with van der Waals surface area (Å²) in [6, 6.07) is 16.6. The first kappa shape index (κ1) is 18.8. The van der Waals surface area contributed by atoms with E-state index in [9.17, 15) is 14.4 Å². The minimum atomic E-state index is -0.744. The first-order valence-corrected chi connectivity index (χ1v) is 9.33. The fourth-order valence-corrected chi connectivity index (χ4v) is 3.60. The molecule has 3 rings (SSSR count). The van der Waals surface area contributed by atoms with E-state index in [4.69, 9.17) is 0 Å². The minimum Gasteiger partial charge on any atom is -0.273 e. The number of hydrazone groups is 1. The molecular weight excluding hydrogens is 362 g/mol. The lowest BCUT2D eigenvalue weighted by Gasteiger charge is -2.13. The standard InChI is InChI=1S/C20H19N3O3S/c1-13-8-10-16(11-9-13)23-19(25)17(27-20(23)26)12-18(24)22-21-14(2)15-6-4-3-5-7-15/h3-11,17H,12H2,1-2H3,(H,22,24)/b21-14-. The van der Waals surface area contributed by atoms with Gasteiger partial charge in [0.25, 0.3) is 5.24 Å². The summed E-state index contributed by atoms with van der Waals surface area (Å²) < 4.78 is 0. The van der Waals surface area contributed by atoms with E-state index in [1.807, 2.05) is 49.4 Å². The number of nitrogens with zero attached hydrogens (tertiary/aromatic N) is 2. The molecule has 27 heavy (non-hydrogen) atoms. The third kappa shape index (κ3) is 4.43. The summed E-state index contributed by atoms with van der Waals surface area (Å²) in [6.45, 7) is 3.71. The van der Waals surface area contributed by atoms with Gasteiger partial charge in [-0.2, -0.15) is 5.10 Å². The molecule has 1 atom stereocenters. The topological polar surface area (TPSA) is 78.8 Å². The van der Waals surface area contributed by atoms with Crippen LogP contribution < -0.4 is 10.3 Å². The molecule has 1 aliphatic rings. The Bertz CT molecular complexity index is 894. The fraction of sp³-hybridized carbons (Fsp3) is 0.200. The molecular formula is C20H19N3O3S.